The molecule has 8 heteroatoms. The van der Waals surface area contributed by atoms with Crippen molar-refractivity contribution in [1.29, 1.82) is 0 Å². The van der Waals surface area contributed by atoms with Crippen LogP contribution in [0, 0.1) is 5.92 Å². The van der Waals surface area contributed by atoms with Crippen molar-refractivity contribution in [3.8, 4) is 0 Å². The lowest BCUT2D eigenvalue weighted by Gasteiger charge is -2.41. The number of nitrogens with two attached hydrogens (primary N) is 1. The summed E-state index contributed by atoms with van der Waals surface area (Å²) >= 11 is 0. The van der Waals surface area contributed by atoms with Crippen molar-refractivity contribution < 1.29 is 35.1 Å². The molecule has 0 spiro atoms. The highest BCUT2D eigenvalue weighted by Crippen LogP contribution is 2.25. The van der Waals surface area contributed by atoms with Gasteiger partial charge < -0.3 is 36.0 Å². The molecule has 1 aliphatic heterocycles. The highest BCUT2D eigenvalue weighted by Gasteiger charge is 2.47. The number of aliphatic carboxylic acids is 1. The van der Waals surface area contributed by atoms with Gasteiger partial charge in [-0.15, -0.1) is 0 Å². The van der Waals surface area contributed by atoms with Crippen LogP contribution in [0.4, 0.5) is 0 Å². The van der Waals surface area contributed by atoms with Gasteiger partial charge >= 0.3 is 5.97 Å². The number of hydrogen-bond donors (Lipinski definition) is 6. The van der Waals surface area contributed by atoms with Crippen LogP contribution in [0.1, 0.15) is 0 Å². The molecule has 1 aliphatic rings. The van der Waals surface area contributed by atoms with Gasteiger partial charge in [-0.05, 0) is 0 Å². The van der Waals surface area contributed by atoms with Gasteiger partial charge in [-0.25, -0.2) is 0 Å². The molecule has 6 atom stereocenters. The van der Waals surface area contributed by atoms with E-state index >= 15 is 0 Å². The Morgan fingerprint density at radius 3 is 2.24 bits per heavy atom. The van der Waals surface area contributed by atoms with E-state index in [4.69, 9.17) is 20.7 Å². The third-order valence-corrected chi connectivity index (χ3v) is 2.90. The van der Waals surface area contributed by atoms with Gasteiger partial charge in [0.25, 0.3) is 0 Å². The molecule has 1 saturated heterocycles. The van der Waals surface area contributed by atoms with Gasteiger partial charge in [0.2, 0.25) is 0 Å². The fraction of sp³-hybridized carbons (Fsp3) is 0.889. The third-order valence-electron chi connectivity index (χ3n) is 2.90. The fourth-order valence-corrected chi connectivity index (χ4v) is 1.84. The van der Waals surface area contributed by atoms with Crippen LogP contribution < -0.4 is 5.73 Å². The molecule has 0 aromatic carbocycles. The largest absolute Gasteiger partial charge is 0.481 e. The maximum Gasteiger partial charge on any atom is 0.310 e. The molecule has 1 heterocycles. The minimum atomic E-state index is -1.58. The topological polar surface area (TPSA) is 153 Å². The smallest absolute Gasteiger partial charge is 0.310 e. The summed E-state index contributed by atoms with van der Waals surface area (Å²) in [5.74, 6) is -2.50. The quantitative estimate of drug-likeness (QED) is 0.300. The van der Waals surface area contributed by atoms with Crippen LogP contribution in [-0.4, -0.2) is 75.2 Å². The minimum absolute atomic E-state index is 0.294. The Balaban J connectivity index is 2.87. The number of carboxylic acid groups (broad SMARTS) is 1. The van der Waals surface area contributed by atoms with Crippen molar-refractivity contribution in [2.75, 3.05) is 13.2 Å². The zero-order valence-electron chi connectivity index (χ0n) is 9.01. The van der Waals surface area contributed by atoms with Crippen LogP contribution in [0.2, 0.25) is 0 Å². The van der Waals surface area contributed by atoms with Crippen molar-refractivity contribution in [3.63, 3.8) is 0 Å². The molecule has 100 valence electrons. The van der Waals surface area contributed by atoms with E-state index in [-0.39, 0.29) is 6.54 Å². The van der Waals surface area contributed by atoms with E-state index in [1.54, 1.807) is 0 Å². The molecule has 7 N–H and O–H groups in total. The predicted octanol–water partition coefficient (Wildman–Crippen LogP) is -3.51. The lowest BCUT2D eigenvalue weighted by Crippen LogP contribution is -2.62. The van der Waals surface area contributed by atoms with E-state index in [2.05, 4.69) is 0 Å². The predicted molar refractivity (Wildman–Crippen MR) is 53.9 cm³/mol. The van der Waals surface area contributed by atoms with Crippen LogP contribution >= 0.6 is 0 Å². The van der Waals surface area contributed by atoms with E-state index in [1.807, 2.05) is 0 Å². The highest BCUT2D eigenvalue weighted by molar-refractivity contribution is 5.71. The van der Waals surface area contributed by atoms with Crippen LogP contribution in [-0.2, 0) is 9.53 Å². The van der Waals surface area contributed by atoms with Gasteiger partial charge in [0.15, 0.2) is 0 Å². The monoisotopic (exact) mass is 251 g/mol. The summed E-state index contributed by atoms with van der Waals surface area (Å²) in [6.07, 6.45) is -7.05. The Morgan fingerprint density at radius 2 is 1.82 bits per heavy atom. The Labute approximate surface area is 97.2 Å². The molecule has 0 aromatic heterocycles. The molecule has 17 heavy (non-hydrogen) atoms. The molecule has 0 unspecified atom stereocenters. The molecule has 0 bridgehead atoms. The van der Waals surface area contributed by atoms with Gasteiger partial charge in [0, 0.05) is 6.54 Å². The first-order valence-electron chi connectivity index (χ1n) is 5.17. The zero-order chi connectivity index (χ0) is 13.2. The first kappa shape index (κ1) is 14.3. The zero-order valence-corrected chi connectivity index (χ0v) is 9.01. The van der Waals surface area contributed by atoms with Crippen LogP contribution in [0.15, 0.2) is 0 Å². The SMILES string of the molecule is NC[C@H](C(=O)O)[C@@H]1O[C@H](CO)[C@@H](O)[C@H](O)[C@H]1O. The van der Waals surface area contributed by atoms with Crippen molar-refractivity contribution in [1.82, 2.24) is 0 Å². The van der Waals surface area contributed by atoms with Gasteiger partial charge in [-0.1, -0.05) is 0 Å². The molecule has 0 saturated carbocycles. The second-order valence-electron chi connectivity index (χ2n) is 3.97. The summed E-state index contributed by atoms with van der Waals surface area (Å²) < 4.78 is 5.07. The molecule has 1 rings (SSSR count). The average Bonchev–Trinajstić information content (AvgIpc) is 2.29. The number of hydrogen-bond acceptors (Lipinski definition) is 7. The van der Waals surface area contributed by atoms with Gasteiger partial charge in [0.1, 0.15) is 30.5 Å². The Bertz CT molecular complexity index is 272. The first-order chi connectivity index (χ1) is 7.93. The Kier molecular flexibility index (Phi) is 4.80. The van der Waals surface area contributed by atoms with E-state index in [9.17, 15) is 20.1 Å². The van der Waals surface area contributed by atoms with Crippen molar-refractivity contribution in [2.24, 2.45) is 11.7 Å². The number of ether oxygens (including phenoxy) is 1. The summed E-state index contributed by atoms with van der Waals surface area (Å²) in [6, 6.07) is 0. The first-order valence-corrected chi connectivity index (χ1v) is 5.17. The number of aliphatic hydroxyl groups excluding tert-OH is 4. The van der Waals surface area contributed by atoms with E-state index in [0.29, 0.717) is 0 Å². The standard InChI is InChI=1S/C9H17NO7/c10-1-3(9(15)16)8-7(14)6(13)5(12)4(2-11)17-8/h3-8,11-14H,1-2,10H2,(H,15,16)/t3-,4+,5+,6-,7+,8-/m0/s1. The molecular formula is C9H17NO7. The second kappa shape index (κ2) is 5.71. The van der Waals surface area contributed by atoms with Crippen LogP contribution in [0.25, 0.3) is 0 Å². The second-order valence-corrected chi connectivity index (χ2v) is 3.97. The van der Waals surface area contributed by atoms with Crippen molar-refractivity contribution >= 4 is 5.97 Å². The van der Waals surface area contributed by atoms with E-state index < -0.39 is 49.0 Å². The molecule has 1 fully saturated rings. The molecule has 0 radical (unpaired) electrons. The van der Waals surface area contributed by atoms with E-state index in [0.717, 1.165) is 0 Å². The number of aliphatic hydroxyl groups is 4. The number of carboxylic acids is 1. The summed E-state index contributed by atoms with van der Waals surface area (Å²) in [5.41, 5.74) is 5.26. The Hall–Kier alpha value is -0.770. The van der Waals surface area contributed by atoms with Crippen LogP contribution in [0.5, 0.6) is 0 Å². The van der Waals surface area contributed by atoms with Crippen molar-refractivity contribution in [2.45, 2.75) is 30.5 Å². The lowest BCUT2D eigenvalue weighted by atomic mass is 9.88. The van der Waals surface area contributed by atoms with Crippen molar-refractivity contribution in [3.05, 3.63) is 0 Å². The fourth-order valence-electron chi connectivity index (χ4n) is 1.84. The normalized spacial score (nSPS) is 39.9. The number of rotatable bonds is 4. The number of carbonyl (C=O) groups is 1. The average molecular weight is 251 g/mol. The van der Waals surface area contributed by atoms with Gasteiger partial charge in [0.05, 0.1) is 12.5 Å². The van der Waals surface area contributed by atoms with E-state index in [1.165, 1.54) is 0 Å². The summed E-state index contributed by atoms with van der Waals surface area (Å²) in [6.45, 7) is -0.892. The molecule has 0 amide bonds. The minimum Gasteiger partial charge on any atom is -0.481 e. The summed E-state index contributed by atoms with van der Waals surface area (Å²) in [7, 11) is 0. The molecular weight excluding hydrogens is 234 g/mol. The van der Waals surface area contributed by atoms with Gasteiger partial charge in [-0.3, -0.25) is 4.79 Å². The third kappa shape index (κ3) is 2.73. The molecule has 8 nitrogen and oxygen atoms in total. The van der Waals surface area contributed by atoms with Gasteiger partial charge in [-0.2, -0.15) is 0 Å². The lowest BCUT2D eigenvalue weighted by molar-refractivity contribution is -0.241. The van der Waals surface area contributed by atoms with Crippen LogP contribution in [0.3, 0.4) is 0 Å². The summed E-state index contributed by atoms with van der Waals surface area (Å²) in [4.78, 5) is 10.9. The summed E-state index contributed by atoms with van der Waals surface area (Å²) in [5, 5.41) is 46.4. The maximum absolute atomic E-state index is 10.9. The molecule has 0 aromatic rings. The molecule has 0 aliphatic carbocycles. The maximum atomic E-state index is 10.9. The highest BCUT2D eigenvalue weighted by atomic mass is 16.5. The Morgan fingerprint density at radius 1 is 1.24 bits per heavy atom.